The summed E-state index contributed by atoms with van der Waals surface area (Å²) in [5, 5.41) is 4.07. The fraction of sp³-hybridized carbons (Fsp3) is 0.357. The molecular weight excluding hydrogens is 246 g/mol. The second-order valence-electron chi connectivity index (χ2n) is 4.36. The Morgan fingerprint density at radius 2 is 2.22 bits per heavy atom. The summed E-state index contributed by atoms with van der Waals surface area (Å²) in [4.78, 5) is 4.32. The number of aryl methyl sites for hydroxylation is 1. The molecule has 0 aliphatic heterocycles. The normalized spacial score (nSPS) is 10.6. The van der Waals surface area contributed by atoms with Crippen LogP contribution >= 0.6 is 11.6 Å². The Balaban J connectivity index is 2.25. The number of nitrogens with one attached hydrogen (secondary N) is 1. The van der Waals surface area contributed by atoms with Gasteiger partial charge in [0.25, 0.3) is 0 Å². The standard InChI is InChI=1S/C14H18ClN3/c1-3-4-7-16-14-17-8-9-18(14)13-6-5-11(2)10-12(13)15/h5-6,8-10H,3-4,7H2,1-2H3,(H,16,17). The minimum Gasteiger partial charge on any atom is -0.355 e. The van der Waals surface area contributed by atoms with Gasteiger partial charge >= 0.3 is 0 Å². The van der Waals surface area contributed by atoms with Crippen LogP contribution in [0.3, 0.4) is 0 Å². The van der Waals surface area contributed by atoms with E-state index in [1.54, 1.807) is 6.20 Å². The van der Waals surface area contributed by atoms with E-state index in [1.807, 2.05) is 29.8 Å². The Bertz CT molecular complexity index is 520. The molecule has 0 aliphatic rings. The maximum atomic E-state index is 6.28. The lowest BCUT2D eigenvalue weighted by Gasteiger charge is -2.11. The van der Waals surface area contributed by atoms with Crippen LogP contribution < -0.4 is 5.32 Å². The fourth-order valence-corrected chi connectivity index (χ4v) is 2.14. The zero-order valence-electron chi connectivity index (χ0n) is 10.8. The van der Waals surface area contributed by atoms with Crippen molar-refractivity contribution in [2.75, 3.05) is 11.9 Å². The van der Waals surface area contributed by atoms with Gasteiger partial charge in [-0.05, 0) is 31.0 Å². The highest BCUT2D eigenvalue weighted by molar-refractivity contribution is 6.32. The first-order chi connectivity index (χ1) is 8.72. The molecule has 0 atom stereocenters. The molecule has 0 radical (unpaired) electrons. The predicted octanol–water partition coefficient (Wildman–Crippen LogP) is 4.05. The second-order valence-corrected chi connectivity index (χ2v) is 4.76. The molecule has 0 saturated heterocycles. The van der Waals surface area contributed by atoms with Gasteiger partial charge < -0.3 is 5.32 Å². The number of aromatic nitrogens is 2. The number of anilines is 1. The Morgan fingerprint density at radius 1 is 1.39 bits per heavy atom. The molecule has 0 bridgehead atoms. The van der Waals surface area contributed by atoms with E-state index in [0.717, 1.165) is 35.2 Å². The average Bonchev–Trinajstić information content (AvgIpc) is 2.78. The summed E-state index contributed by atoms with van der Waals surface area (Å²) in [6.45, 7) is 5.13. The molecule has 0 spiro atoms. The van der Waals surface area contributed by atoms with Crippen LogP contribution in [-0.4, -0.2) is 16.1 Å². The predicted molar refractivity (Wildman–Crippen MR) is 76.7 cm³/mol. The van der Waals surface area contributed by atoms with Gasteiger partial charge in [-0.3, -0.25) is 4.57 Å². The van der Waals surface area contributed by atoms with Crippen molar-refractivity contribution < 1.29 is 0 Å². The lowest BCUT2D eigenvalue weighted by molar-refractivity contribution is 0.823. The molecule has 2 aromatic rings. The second kappa shape index (κ2) is 5.91. The summed E-state index contributed by atoms with van der Waals surface area (Å²) >= 11 is 6.28. The SMILES string of the molecule is CCCCNc1nccn1-c1ccc(C)cc1Cl. The molecule has 0 aliphatic carbocycles. The molecule has 18 heavy (non-hydrogen) atoms. The Labute approximate surface area is 113 Å². The minimum absolute atomic E-state index is 0.742. The van der Waals surface area contributed by atoms with Gasteiger partial charge in [-0.2, -0.15) is 0 Å². The number of nitrogens with zero attached hydrogens (tertiary/aromatic N) is 2. The maximum Gasteiger partial charge on any atom is 0.207 e. The number of unbranched alkanes of at least 4 members (excludes halogenated alkanes) is 1. The topological polar surface area (TPSA) is 29.9 Å². The molecule has 0 fully saturated rings. The molecule has 0 saturated carbocycles. The first kappa shape index (κ1) is 13.0. The van der Waals surface area contributed by atoms with E-state index < -0.39 is 0 Å². The van der Waals surface area contributed by atoms with Crippen LogP contribution in [0.25, 0.3) is 5.69 Å². The summed E-state index contributed by atoms with van der Waals surface area (Å²) in [5.41, 5.74) is 2.11. The molecule has 3 nitrogen and oxygen atoms in total. The van der Waals surface area contributed by atoms with E-state index >= 15 is 0 Å². The van der Waals surface area contributed by atoms with Crippen LogP contribution in [0, 0.1) is 6.92 Å². The highest BCUT2D eigenvalue weighted by atomic mass is 35.5. The largest absolute Gasteiger partial charge is 0.355 e. The summed E-state index contributed by atoms with van der Waals surface area (Å²) < 4.78 is 1.98. The third-order valence-electron chi connectivity index (χ3n) is 2.82. The van der Waals surface area contributed by atoms with Crippen molar-refractivity contribution in [1.29, 1.82) is 0 Å². The van der Waals surface area contributed by atoms with E-state index in [2.05, 4.69) is 23.3 Å². The number of hydrogen-bond donors (Lipinski definition) is 1. The molecule has 0 amide bonds. The Morgan fingerprint density at radius 3 is 2.94 bits per heavy atom. The van der Waals surface area contributed by atoms with E-state index in [9.17, 15) is 0 Å². The smallest absolute Gasteiger partial charge is 0.207 e. The zero-order valence-corrected chi connectivity index (χ0v) is 11.5. The first-order valence-electron chi connectivity index (χ1n) is 6.26. The van der Waals surface area contributed by atoms with Crippen molar-refractivity contribution in [2.45, 2.75) is 26.7 Å². The molecule has 1 N–H and O–H groups in total. The van der Waals surface area contributed by atoms with Crippen LogP contribution in [0.4, 0.5) is 5.95 Å². The van der Waals surface area contributed by atoms with E-state index in [1.165, 1.54) is 6.42 Å². The first-order valence-corrected chi connectivity index (χ1v) is 6.64. The highest BCUT2D eigenvalue weighted by Crippen LogP contribution is 2.24. The molecule has 0 unspecified atom stereocenters. The molecule has 4 heteroatoms. The van der Waals surface area contributed by atoms with Crippen LogP contribution in [-0.2, 0) is 0 Å². The molecule has 1 aromatic carbocycles. The lowest BCUT2D eigenvalue weighted by atomic mass is 10.2. The van der Waals surface area contributed by atoms with Gasteiger partial charge in [0.05, 0.1) is 10.7 Å². The van der Waals surface area contributed by atoms with E-state index in [4.69, 9.17) is 11.6 Å². The van der Waals surface area contributed by atoms with Gasteiger partial charge in [0.15, 0.2) is 0 Å². The van der Waals surface area contributed by atoms with Gasteiger partial charge in [0.2, 0.25) is 5.95 Å². The van der Waals surface area contributed by atoms with Crippen LogP contribution in [0.15, 0.2) is 30.6 Å². The van der Waals surface area contributed by atoms with Gasteiger partial charge in [-0.15, -0.1) is 0 Å². The fourth-order valence-electron chi connectivity index (χ4n) is 1.81. The van der Waals surface area contributed by atoms with Crippen molar-refractivity contribution in [3.63, 3.8) is 0 Å². The monoisotopic (exact) mass is 263 g/mol. The number of rotatable bonds is 5. The van der Waals surface area contributed by atoms with Gasteiger partial charge in [-0.1, -0.05) is 31.0 Å². The quantitative estimate of drug-likeness (QED) is 0.825. The van der Waals surface area contributed by atoms with Crippen LogP contribution in [0.1, 0.15) is 25.3 Å². The van der Waals surface area contributed by atoms with Gasteiger partial charge in [0.1, 0.15) is 0 Å². The van der Waals surface area contributed by atoms with Gasteiger partial charge in [-0.25, -0.2) is 4.98 Å². The van der Waals surface area contributed by atoms with Crippen LogP contribution in [0.5, 0.6) is 0 Å². The number of benzene rings is 1. The van der Waals surface area contributed by atoms with Crippen LogP contribution in [0.2, 0.25) is 5.02 Å². The zero-order chi connectivity index (χ0) is 13.0. The summed E-state index contributed by atoms with van der Waals surface area (Å²) in [5.74, 6) is 0.842. The Kier molecular flexibility index (Phi) is 4.26. The van der Waals surface area contributed by atoms with Crippen molar-refractivity contribution in [1.82, 2.24) is 9.55 Å². The summed E-state index contributed by atoms with van der Waals surface area (Å²) in [7, 11) is 0. The van der Waals surface area contributed by atoms with Gasteiger partial charge in [0, 0.05) is 18.9 Å². The third-order valence-corrected chi connectivity index (χ3v) is 3.12. The van der Waals surface area contributed by atoms with Crippen molar-refractivity contribution in [2.24, 2.45) is 0 Å². The molecule has 96 valence electrons. The van der Waals surface area contributed by atoms with Crippen molar-refractivity contribution >= 4 is 17.5 Å². The maximum absolute atomic E-state index is 6.28. The number of hydrogen-bond acceptors (Lipinski definition) is 2. The molecule has 1 heterocycles. The Hall–Kier alpha value is -1.48. The van der Waals surface area contributed by atoms with E-state index in [0.29, 0.717) is 0 Å². The molecule has 2 rings (SSSR count). The van der Waals surface area contributed by atoms with Crippen molar-refractivity contribution in [3.05, 3.63) is 41.2 Å². The number of halogens is 1. The number of imidazole rings is 1. The summed E-state index contributed by atoms with van der Waals surface area (Å²) in [6.07, 6.45) is 6.00. The molecular formula is C14H18ClN3. The lowest BCUT2D eigenvalue weighted by Crippen LogP contribution is -2.07. The van der Waals surface area contributed by atoms with E-state index in [-0.39, 0.29) is 0 Å². The third kappa shape index (κ3) is 2.85. The average molecular weight is 264 g/mol. The summed E-state index contributed by atoms with van der Waals surface area (Å²) in [6, 6.07) is 6.04. The molecule has 1 aromatic heterocycles. The highest BCUT2D eigenvalue weighted by Gasteiger charge is 2.07. The van der Waals surface area contributed by atoms with Crippen molar-refractivity contribution in [3.8, 4) is 5.69 Å². The minimum atomic E-state index is 0.742.